The highest BCUT2D eigenvalue weighted by Crippen LogP contribution is 2.32. The summed E-state index contributed by atoms with van der Waals surface area (Å²) >= 11 is 6.16. The van der Waals surface area contributed by atoms with E-state index in [1.54, 1.807) is 36.4 Å². The molecule has 0 radical (unpaired) electrons. The molecule has 1 aliphatic heterocycles. The number of hydrogen-bond donors (Lipinski definition) is 1. The van der Waals surface area contributed by atoms with E-state index in [0.29, 0.717) is 27.6 Å². The van der Waals surface area contributed by atoms with E-state index in [1.165, 1.54) is 4.90 Å². The van der Waals surface area contributed by atoms with Crippen LogP contribution in [0.2, 0.25) is 5.02 Å². The monoisotopic (exact) mass is 456 g/mol. The summed E-state index contributed by atoms with van der Waals surface area (Å²) in [6.45, 7) is 10.1. The molecule has 0 bridgehead atoms. The lowest BCUT2D eigenvalue weighted by molar-refractivity contribution is -0.137. The predicted octanol–water partition coefficient (Wildman–Crippen LogP) is 5.05. The van der Waals surface area contributed by atoms with Crippen molar-refractivity contribution in [2.75, 3.05) is 18.5 Å². The van der Waals surface area contributed by atoms with Crippen LogP contribution in [0, 0.1) is 6.92 Å². The van der Waals surface area contributed by atoms with Gasteiger partial charge in [0.05, 0.1) is 30.9 Å². The molecular formula is C25H29ClN2O4. The Hall–Kier alpha value is -2.83. The van der Waals surface area contributed by atoms with Crippen LogP contribution in [0.4, 0.5) is 5.69 Å². The number of nitrogens with one attached hydrogen (secondary N) is 1. The van der Waals surface area contributed by atoms with E-state index in [1.807, 2.05) is 40.7 Å². The summed E-state index contributed by atoms with van der Waals surface area (Å²) in [6, 6.07) is 12.6. The highest BCUT2D eigenvalue weighted by Gasteiger charge is 2.39. The average molecular weight is 457 g/mol. The van der Waals surface area contributed by atoms with Gasteiger partial charge < -0.3 is 14.8 Å². The van der Waals surface area contributed by atoms with Crippen LogP contribution >= 0.6 is 11.6 Å². The van der Waals surface area contributed by atoms with Crippen LogP contribution in [-0.4, -0.2) is 42.1 Å². The first-order chi connectivity index (χ1) is 15.2. The summed E-state index contributed by atoms with van der Waals surface area (Å²) in [4.78, 5) is 27.8. The number of hydrogen-bond acceptors (Lipinski definition) is 5. The Bertz CT molecular complexity index is 1030. The first-order valence-electron chi connectivity index (χ1n) is 10.7. The maximum Gasteiger partial charge on any atom is 0.278 e. The number of halogens is 1. The van der Waals surface area contributed by atoms with Crippen molar-refractivity contribution in [3.8, 4) is 5.75 Å². The Balaban J connectivity index is 1.98. The van der Waals surface area contributed by atoms with Gasteiger partial charge in [0.25, 0.3) is 11.8 Å². The van der Waals surface area contributed by atoms with Crippen LogP contribution in [0.1, 0.15) is 38.8 Å². The average Bonchev–Trinajstić information content (AvgIpc) is 2.95. The molecule has 0 unspecified atom stereocenters. The van der Waals surface area contributed by atoms with Crippen molar-refractivity contribution < 1.29 is 19.1 Å². The summed E-state index contributed by atoms with van der Waals surface area (Å²) in [6.07, 6.45) is 0.0460. The molecule has 32 heavy (non-hydrogen) atoms. The Labute approximate surface area is 194 Å². The summed E-state index contributed by atoms with van der Waals surface area (Å²) < 4.78 is 11.3. The molecule has 170 valence electrons. The van der Waals surface area contributed by atoms with Crippen molar-refractivity contribution in [3.63, 3.8) is 0 Å². The van der Waals surface area contributed by atoms with Crippen molar-refractivity contribution in [1.82, 2.24) is 4.90 Å². The molecule has 0 atom stereocenters. The number of ether oxygens (including phenoxy) is 2. The van der Waals surface area contributed by atoms with Gasteiger partial charge >= 0.3 is 0 Å². The molecule has 2 amide bonds. The van der Waals surface area contributed by atoms with Crippen LogP contribution in [0.5, 0.6) is 5.75 Å². The quantitative estimate of drug-likeness (QED) is 0.534. The second-order valence-corrected chi connectivity index (χ2v) is 8.64. The Morgan fingerprint density at radius 1 is 0.969 bits per heavy atom. The summed E-state index contributed by atoms with van der Waals surface area (Å²) in [7, 11) is 0. The number of imide groups is 1. The van der Waals surface area contributed by atoms with Gasteiger partial charge in [0, 0.05) is 10.7 Å². The third-order valence-corrected chi connectivity index (χ3v) is 5.14. The largest absolute Gasteiger partial charge is 0.491 e. The fraction of sp³-hybridized carbons (Fsp3) is 0.360. The molecule has 1 N–H and O–H groups in total. The van der Waals surface area contributed by atoms with Crippen LogP contribution in [0.3, 0.4) is 0 Å². The van der Waals surface area contributed by atoms with Gasteiger partial charge in [0.15, 0.2) is 0 Å². The molecule has 0 saturated heterocycles. The second-order valence-electron chi connectivity index (χ2n) is 8.21. The molecular weight excluding hydrogens is 428 g/mol. The molecule has 6 nitrogen and oxygen atoms in total. The molecule has 0 saturated carbocycles. The third-order valence-electron chi connectivity index (χ3n) is 4.91. The van der Waals surface area contributed by atoms with Crippen LogP contribution in [0.25, 0.3) is 5.57 Å². The van der Waals surface area contributed by atoms with Gasteiger partial charge in [-0.25, -0.2) is 0 Å². The molecule has 1 aliphatic rings. The predicted molar refractivity (Wildman–Crippen MR) is 127 cm³/mol. The molecule has 0 spiro atoms. The van der Waals surface area contributed by atoms with Crippen molar-refractivity contribution >= 4 is 34.7 Å². The Kier molecular flexibility index (Phi) is 7.59. The number of aryl methyl sites for hydroxylation is 1. The first-order valence-corrected chi connectivity index (χ1v) is 11.1. The Morgan fingerprint density at radius 2 is 1.66 bits per heavy atom. The third kappa shape index (κ3) is 5.50. The highest BCUT2D eigenvalue weighted by atomic mass is 35.5. The van der Waals surface area contributed by atoms with Gasteiger partial charge in [-0.05, 0) is 70.0 Å². The Morgan fingerprint density at radius 3 is 2.28 bits per heavy atom. The number of carbonyl (C=O) groups is 2. The van der Waals surface area contributed by atoms with Crippen molar-refractivity contribution in [1.29, 1.82) is 0 Å². The zero-order chi connectivity index (χ0) is 23.4. The molecule has 7 heteroatoms. The van der Waals surface area contributed by atoms with Crippen LogP contribution in [0.15, 0.2) is 48.2 Å². The topological polar surface area (TPSA) is 67.9 Å². The van der Waals surface area contributed by atoms with Crippen LogP contribution in [-0.2, 0) is 14.3 Å². The van der Waals surface area contributed by atoms with Crippen molar-refractivity contribution in [2.45, 2.75) is 46.8 Å². The number of amides is 2. The van der Waals surface area contributed by atoms with E-state index in [4.69, 9.17) is 21.1 Å². The molecule has 1 heterocycles. The summed E-state index contributed by atoms with van der Waals surface area (Å²) in [5, 5.41) is 3.70. The standard InChI is InChI=1S/C25H29ClN2O4/c1-15(2)31-13-12-28-24(29)22(18-7-10-20(11-8-18)32-16(3)4)23(25(28)30)27-21-14-19(26)9-6-17(21)5/h6-11,14-16,27H,12-13H2,1-5H3. The van der Waals surface area contributed by atoms with E-state index in [0.717, 1.165) is 5.56 Å². The smallest absolute Gasteiger partial charge is 0.278 e. The van der Waals surface area contributed by atoms with Crippen molar-refractivity contribution in [3.05, 3.63) is 64.3 Å². The lowest BCUT2D eigenvalue weighted by Gasteiger charge is -2.17. The minimum Gasteiger partial charge on any atom is -0.491 e. The molecule has 2 aromatic carbocycles. The minimum atomic E-state index is -0.390. The van der Waals surface area contributed by atoms with Crippen LogP contribution < -0.4 is 10.1 Å². The zero-order valence-corrected chi connectivity index (χ0v) is 19.8. The highest BCUT2D eigenvalue weighted by molar-refractivity contribution is 6.36. The van der Waals surface area contributed by atoms with E-state index in [2.05, 4.69) is 5.32 Å². The number of nitrogens with zero attached hydrogens (tertiary/aromatic N) is 1. The maximum atomic E-state index is 13.3. The zero-order valence-electron chi connectivity index (χ0n) is 19.1. The SMILES string of the molecule is Cc1ccc(Cl)cc1NC1=C(c2ccc(OC(C)C)cc2)C(=O)N(CCOC(C)C)C1=O. The van der Waals surface area contributed by atoms with Crippen molar-refractivity contribution in [2.24, 2.45) is 0 Å². The molecule has 2 aromatic rings. The molecule has 3 rings (SSSR count). The molecule has 0 aliphatic carbocycles. The fourth-order valence-corrected chi connectivity index (χ4v) is 3.55. The van der Waals surface area contributed by atoms with Gasteiger partial charge in [-0.3, -0.25) is 14.5 Å². The minimum absolute atomic E-state index is 0.00967. The van der Waals surface area contributed by atoms with E-state index in [9.17, 15) is 9.59 Å². The van der Waals surface area contributed by atoms with Gasteiger partial charge in [0.1, 0.15) is 11.4 Å². The summed E-state index contributed by atoms with van der Waals surface area (Å²) in [5.74, 6) is -0.0511. The van der Waals surface area contributed by atoms with Gasteiger partial charge in [0.2, 0.25) is 0 Å². The number of benzene rings is 2. The van der Waals surface area contributed by atoms with E-state index in [-0.39, 0.29) is 42.9 Å². The molecule has 0 aromatic heterocycles. The first kappa shape index (κ1) is 23.8. The number of rotatable bonds is 9. The van der Waals surface area contributed by atoms with E-state index >= 15 is 0 Å². The lowest BCUT2D eigenvalue weighted by atomic mass is 10.0. The van der Waals surface area contributed by atoms with E-state index < -0.39 is 0 Å². The van der Waals surface area contributed by atoms with Gasteiger partial charge in [-0.2, -0.15) is 0 Å². The summed E-state index contributed by atoms with van der Waals surface area (Å²) in [5.41, 5.74) is 2.75. The molecule has 0 fully saturated rings. The fourth-order valence-electron chi connectivity index (χ4n) is 3.38. The maximum absolute atomic E-state index is 13.3. The normalized spacial score (nSPS) is 14.2. The van der Waals surface area contributed by atoms with Gasteiger partial charge in [-0.1, -0.05) is 29.8 Å². The number of carbonyl (C=O) groups excluding carboxylic acids is 2. The number of anilines is 1. The second kappa shape index (κ2) is 10.2. The lowest BCUT2D eigenvalue weighted by Crippen LogP contribution is -2.35. The van der Waals surface area contributed by atoms with Gasteiger partial charge in [-0.15, -0.1) is 0 Å².